The summed E-state index contributed by atoms with van der Waals surface area (Å²) in [6.45, 7) is 0. The summed E-state index contributed by atoms with van der Waals surface area (Å²) >= 11 is 5.48. The molecule has 100 valence electrons. The maximum absolute atomic E-state index is 13.4. The number of nitrogens with one attached hydrogen (secondary N) is 1. The van der Waals surface area contributed by atoms with Gasteiger partial charge in [0.1, 0.15) is 16.5 Å². The summed E-state index contributed by atoms with van der Waals surface area (Å²) in [4.78, 5) is -0.509. The molecule has 19 heavy (non-hydrogen) atoms. The van der Waals surface area contributed by atoms with Crippen LogP contribution in [0.3, 0.4) is 0 Å². The van der Waals surface area contributed by atoms with E-state index in [1.807, 2.05) is 0 Å². The molecule has 0 aromatic heterocycles. The van der Waals surface area contributed by atoms with Gasteiger partial charge in [0, 0.05) is 0 Å². The SMILES string of the molecule is O=S(=O)(Nc1ccc(Cl)c(F)c1)c1ccccc1F. The molecule has 0 aliphatic carbocycles. The Kier molecular flexibility index (Phi) is 3.73. The van der Waals surface area contributed by atoms with Gasteiger partial charge in [-0.15, -0.1) is 0 Å². The molecule has 0 atom stereocenters. The summed E-state index contributed by atoms with van der Waals surface area (Å²) in [6, 6.07) is 8.30. The highest BCUT2D eigenvalue weighted by Crippen LogP contribution is 2.22. The van der Waals surface area contributed by atoms with E-state index in [9.17, 15) is 17.2 Å². The average molecular weight is 304 g/mol. The Morgan fingerprint density at radius 1 is 1.00 bits per heavy atom. The van der Waals surface area contributed by atoms with Gasteiger partial charge in [-0.05, 0) is 30.3 Å². The highest BCUT2D eigenvalue weighted by molar-refractivity contribution is 7.92. The van der Waals surface area contributed by atoms with Crippen LogP contribution in [-0.4, -0.2) is 8.42 Å². The highest BCUT2D eigenvalue weighted by Gasteiger charge is 2.18. The first-order chi connectivity index (χ1) is 8.90. The topological polar surface area (TPSA) is 46.2 Å². The molecule has 0 heterocycles. The number of hydrogen-bond donors (Lipinski definition) is 1. The summed E-state index contributed by atoms with van der Waals surface area (Å²) in [5.41, 5.74) is -0.0369. The van der Waals surface area contributed by atoms with Gasteiger partial charge in [-0.2, -0.15) is 0 Å². The molecular formula is C12H8ClF2NO2S. The van der Waals surface area contributed by atoms with E-state index in [4.69, 9.17) is 11.6 Å². The first-order valence-corrected chi connectivity index (χ1v) is 6.99. The van der Waals surface area contributed by atoms with Crippen LogP contribution in [-0.2, 0) is 10.0 Å². The molecule has 0 aliphatic rings. The molecule has 0 spiro atoms. The van der Waals surface area contributed by atoms with E-state index in [2.05, 4.69) is 4.72 Å². The molecule has 3 nitrogen and oxygen atoms in total. The minimum absolute atomic E-state index is 0.0369. The number of sulfonamides is 1. The van der Waals surface area contributed by atoms with Gasteiger partial charge in [0.25, 0.3) is 10.0 Å². The van der Waals surface area contributed by atoms with Crippen LogP contribution in [0.2, 0.25) is 5.02 Å². The molecule has 0 fully saturated rings. The highest BCUT2D eigenvalue weighted by atomic mass is 35.5. The van der Waals surface area contributed by atoms with Crippen LogP contribution in [0.5, 0.6) is 0 Å². The van der Waals surface area contributed by atoms with E-state index in [0.717, 1.165) is 18.2 Å². The van der Waals surface area contributed by atoms with Gasteiger partial charge in [0.2, 0.25) is 0 Å². The molecule has 0 saturated heterocycles. The van der Waals surface area contributed by atoms with E-state index >= 15 is 0 Å². The Bertz CT molecular complexity index is 719. The first kappa shape index (κ1) is 13.8. The second kappa shape index (κ2) is 5.14. The summed E-state index contributed by atoms with van der Waals surface area (Å²) < 4.78 is 52.5. The number of anilines is 1. The Hall–Kier alpha value is -1.66. The Labute approximate surface area is 113 Å². The molecule has 2 rings (SSSR count). The molecule has 0 unspecified atom stereocenters. The van der Waals surface area contributed by atoms with Crippen LogP contribution in [0.4, 0.5) is 14.5 Å². The quantitative estimate of drug-likeness (QED) is 0.944. The van der Waals surface area contributed by atoms with E-state index in [-0.39, 0.29) is 10.7 Å². The monoisotopic (exact) mass is 303 g/mol. The summed E-state index contributed by atoms with van der Waals surface area (Å²) in [5.74, 6) is -1.65. The third-order valence-corrected chi connectivity index (χ3v) is 4.02. The van der Waals surface area contributed by atoms with Crippen molar-refractivity contribution in [1.82, 2.24) is 0 Å². The molecule has 2 aromatic carbocycles. The normalized spacial score (nSPS) is 11.3. The number of halogens is 3. The molecule has 0 saturated carbocycles. The van der Waals surface area contributed by atoms with Crippen LogP contribution in [0.15, 0.2) is 47.4 Å². The minimum atomic E-state index is -4.11. The molecule has 7 heteroatoms. The zero-order valence-electron chi connectivity index (χ0n) is 9.40. The molecule has 0 amide bonds. The third kappa shape index (κ3) is 3.02. The van der Waals surface area contributed by atoms with Crippen molar-refractivity contribution in [2.45, 2.75) is 4.90 Å². The smallest absolute Gasteiger partial charge is 0.264 e. The van der Waals surface area contributed by atoms with Crippen molar-refractivity contribution in [1.29, 1.82) is 0 Å². The molecular weight excluding hydrogens is 296 g/mol. The summed E-state index contributed by atoms with van der Waals surface area (Å²) in [7, 11) is -4.11. The van der Waals surface area contributed by atoms with E-state index in [1.165, 1.54) is 24.3 Å². The predicted octanol–water partition coefficient (Wildman–Crippen LogP) is 3.42. The first-order valence-electron chi connectivity index (χ1n) is 5.12. The lowest BCUT2D eigenvalue weighted by Gasteiger charge is -2.09. The van der Waals surface area contributed by atoms with Crippen molar-refractivity contribution < 1.29 is 17.2 Å². The summed E-state index contributed by atoms with van der Waals surface area (Å²) in [6.07, 6.45) is 0. The zero-order chi connectivity index (χ0) is 14.0. The maximum Gasteiger partial charge on any atom is 0.264 e. The lowest BCUT2D eigenvalue weighted by atomic mass is 10.3. The summed E-state index contributed by atoms with van der Waals surface area (Å²) in [5, 5.41) is -0.131. The van der Waals surface area contributed by atoms with Crippen LogP contribution in [0.1, 0.15) is 0 Å². The zero-order valence-corrected chi connectivity index (χ0v) is 11.0. The molecule has 2 aromatic rings. The molecule has 0 radical (unpaired) electrons. The van der Waals surface area contributed by atoms with E-state index < -0.39 is 26.6 Å². The Morgan fingerprint density at radius 3 is 2.32 bits per heavy atom. The van der Waals surface area contributed by atoms with Crippen LogP contribution >= 0.6 is 11.6 Å². The number of hydrogen-bond acceptors (Lipinski definition) is 2. The van der Waals surface area contributed by atoms with E-state index in [1.54, 1.807) is 0 Å². The van der Waals surface area contributed by atoms with Crippen LogP contribution in [0.25, 0.3) is 0 Å². The maximum atomic E-state index is 13.4. The third-order valence-electron chi connectivity index (χ3n) is 2.30. The van der Waals surface area contributed by atoms with Crippen molar-refractivity contribution in [3.63, 3.8) is 0 Å². The van der Waals surface area contributed by atoms with Crippen molar-refractivity contribution in [3.05, 3.63) is 59.1 Å². The Morgan fingerprint density at radius 2 is 1.68 bits per heavy atom. The van der Waals surface area contributed by atoms with Crippen molar-refractivity contribution in [2.75, 3.05) is 4.72 Å². The molecule has 0 bridgehead atoms. The lowest BCUT2D eigenvalue weighted by Crippen LogP contribution is -2.14. The fourth-order valence-electron chi connectivity index (χ4n) is 1.43. The van der Waals surface area contributed by atoms with Crippen molar-refractivity contribution in [3.8, 4) is 0 Å². The van der Waals surface area contributed by atoms with Gasteiger partial charge in [-0.25, -0.2) is 17.2 Å². The van der Waals surface area contributed by atoms with Gasteiger partial charge in [-0.3, -0.25) is 4.72 Å². The van der Waals surface area contributed by atoms with Gasteiger partial charge < -0.3 is 0 Å². The Balaban J connectivity index is 2.37. The van der Waals surface area contributed by atoms with Crippen molar-refractivity contribution in [2.24, 2.45) is 0 Å². The molecule has 0 aliphatic heterocycles. The van der Waals surface area contributed by atoms with Gasteiger partial charge in [0.15, 0.2) is 0 Å². The van der Waals surface area contributed by atoms with Gasteiger partial charge in [0.05, 0.1) is 10.7 Å². The van der Waals surface area contributed by atoms with Gasteiger partial charge >= 0.3 is 0 Å². The number of rotatable bonds is 3. The van der Waals surface area contributed by atoms with E-state index in [0.29, 0.717) is 0 Å². The second-order valence-electron chi connectivity index (χ2n) is 3.66. The predicted molar refractivity (Wildman–Crippen MR) is 68.6 cm³/mol. The van der Waals surface area contributed by atoms with Crippen LogP contribution in [0, 0.1) is 11.6 Å². The standard InChI is InChI=1S/C12H8ClF2NO2S/c13-9-6-5-8(7-11(9)15)16-19(17,18)12-4-2-1-3-10(12)14/h1-7,16H. The number of benzene rings is 2. The largest absolute Gasteiger partial charge is 0.279 e. The van der Waals surface area contributed by atoms with Gasteiger partial charge in [-0.1, -0.05) is 23.7 Å². The minimum Gasteiger partial charge on any atom is -0.279 e. The van der Waals surface area contributed by atoms with Crippen molar-refractivity contribution >= 4 is 27.3 Å². The van der Waals surface area contributed by atoms with Crippen LogP contribution < -0.4 is 4.72 Å². The molecule has 1 N–H and O–H groups in total. The second-order valence-corrected chi connectivity index (χ2v) is 5.72. The fourth-order valence-corrected chi connectivity index (χ4v) is 2.68. The fraction of sp³-hybridized carbons (Fsp3) is 0. The average Bonchev–Trinajstić information content (AvgIpc) is 2.34. The lowest BCUT2D eigenvalue weighted by molar-refractivity contribution is 0.570.